The maximum atomic E-state index is 14.5. The molecule has 28 nitrogen and oxygen atoms in total. The molecule has 9 atom stereocenters. The Kier molecular flexibility index (Phi) is 25.6. The summed E-state index contributed by atoms with van der Waals surface area (Å²) in [7, 11) is 0. The third kappa shape index (κ3) is 21.1. The maximum absolute atomic E-state index is 14.5. The highest BCUT2D eigenvalue weighted by Crippen LogP contribution is 2.20. The number of nitrogens with zero attached hydrogens (tertiary/aromatic N) is 2. The highest BCUT2D eigenvalue weighted by molar-refractivity contribution is 5.99. The molecule has 1 saturated heterocycles. The van der Waals surface area contributed by atoms with Crippen LogP contribution in [0.5, 0.6) is 5.75 Å². The van der Waals surface area contributed by atoms with Crippen molar-refractivity contribution in [2.75, 3.05) is 19.7 Å². The Balaban J connectivity index is 1.56. The molecule has 0 radical (unpaired) electrons. The van der Waals surface area contributed by atoms with Gasteiger partial charge in [0.2, 0.25) is 47.3 Å². The summed E-state index contributed by atoms with van der Waals surface area (Å²) in [5.41, 5.74) is 18.2. The van der Waals surface area contributed by atoms with Gasteiger partial charge in [0.15, 0.2) is 5.96 Å². The van der Waals surface area contributed by atoms with Gasteiger partial charge in [0.05, 0.1) is 25.5 Å². The van der Waals surface area contributed by atoms with Gasteiger partial charge in [0, 0.05) is 32.4 Å². The van der Waals surface area contributed by atoms with Crippen LogP contribution < -0.4 is 54.4 Å². The van der Waals surface area contributed by atoms with Crippen LogP contribution in [0.4, 0.5) is 0 Å². The van der Waals surface area contributed by atoms with Gasteiger partial charge >= 0.3 is 17.9 Å². The van der Waals surface area contributed by atoms with Crippen LogP contribution in [0.1, 0.15) is 69.1 Å². The summed E-state index contributed by atoms with van der Waals surface area (Å²) in [5, 5.41) is 66.5. The third-order valence-electron chi connectivity index (χ3n) is 13.1. The van der Waals surface area contributed by atoms with E-state index in [2.05, 4.69) is 42.2 Å². The number of nitrogens with two attached hydrogens (primary N) is 3. The lowest BCUT2D eigenvalue weighted by molar-refractivity contribution is -0.145. The SMILES string of the molecule is CC(C)[C@H](N)C(=O)N[C@@H](CCCN=C(N)N)C(=O)N[C@@H](CC(=O)O)C(=O)N[C@@H](CO)C(=O)N1CCC[C@H]1C(=O)N[C@@H](Cc1ccccc1)C(=O)N[C@@H](Cc1ccccc1)C(=O)N[C@@H](CC(=O)O)C(=O)N[C@@H](Cc1ccc(O)cc1)C(=O)O. The van der Waals surface area contributed by atoms with E-state index in [1.807, 2.05) is 0 Å². The van der Waals surface area contributed by atoms with Crippen molar-refractivity contribution < 1.29 is 78.3 Å². The number of hydrogen-bond acceptors (Lipinski definition) is 15. The molecular formula is C54H72N12O16. The summed E-state index contributed by atoms with van der Waals surface area (Å²) >= 11 is 0. The van der Waals surface area contributed by atoms with Gasteiger partial charge in [-0.25, -0.2) is 4.79 Å². The number of carbonyl (C=O) groups is 11. The average Bonchev–Trinajstić information content (AvgIpc) is 4.00. The largest absolute Gasteiger partial charge is 0.508 e. The van der Waals surface area contributed by atoms with Crippen LogP contribution in [0.3, 0.4) is 0 Å². The van der Waals surface area contributed by atoms with Gasteiger partial charge in [-0.2, -0.15) is 0 Å². The molecule has 1 aliphatic rings. The van der Waals surface area contributed by atoms with Gasteiger partial charge in [-0.1, -0.05) is 86.6 Å². The first-order valence-electron chi connectivity index (χ1n) is 26.2. The molecule has 0 saturated carbocycles. The van der Waals surface area contributed by atoms with Crippen molar-refractivity contribution in [3.63, 3.8) is 0 Å². The second-order valence-corrected chi connectivity index (χ2v) is 19.8. The van der Waals surface area contributed by atoms with Crippen molar-refractivity contribution >= 4 is 71.1 Å². The number of hydrogen-bond donors (Lipinski definition) is 15. The Hall–Kier alpha value is -9.18. The quantitative estimate of drug-likeness (QED) is 0.0167. The fourth-order valence-electron chi connectivity index (χ4n) is 8.62. The number of aromatic hydroxyl groups is 1. The Morgan fingerprint density at radius 2 is 1.00 bits per heavy atom. The first-order chi connectivity index (χ1) is 38.9. The number of aliphatic hydroxyl groups excluding tert-OH is 1. The molecule has 82 heavy (non-hydrogen) atoms. The van der Waals surface area contributed by atoms with E-state index >= 15 is 0 Å². The number of carboxylic acids is 3. The molecule has 0 aromatic heterocycles. The van der Waals surface area contributed by atoms with Crippen molar-refractivity contribution in [1.29, 1.82) is 0 Å². The van der Waals surface area contributed by atoms with E-state index in [0.29, 0.717) is 16.7 Å². The lowest BCUT2D eigenvalue weighted by Crippen LogP contribution is -2.61. The molecule has 3 aromatic rings. The molecule has 1 fully saturated rings. The fourth-order valence-corrected chi connectivity index (χ4v) is 8.62. The van der Waals surface area contributed by atoms with Crippen molar-refractivity contribution in [1.82, 2.24) is 42.1 Å². The average molecular weight is 1150 g/mol. The minimum atomic E-state index is -1.88. The summed E-state index contributed by atoms with van der Waals surface area (Å²) in [6.45, 7) is 2.21. The second-order valence-electron chi connectivity index (χ2n) is 19.8. The first-order valence-corrected chi connectivity index (χ1v) is 26.2. The van der Waals surface area contributed by atoms with Crippen LogP contribution in [-0.4, -0.2) is 176 Å². The van der Waals surface area contributed by atoms with E-state index in [0.717, 1.165) is 4.90 Å². The van der Waals surface area contributed by atoms with Gasteiger partial charge in [-0.15, -0.1) is 0 Å². The predicted octanol–water partition coefficient (Wildman–Crippen LogP) is -3.13. The Bertz CT molecular complexity index is 2750. The zero-order valence-corrected chi connectivity index (χ0v) is 45.2. The Morgan fingerprint density at radius 3 is 1.48 bits per heavy atom. The molecule has 0 bridgehead atoms. The van der Waals surface area contributed by atoms with E-state index in [4.69, 9.17) is 17.2 Å². The number of carboxylic acid groups (broad SMARTS) is 3. The van der Waals surface area contributed by atoms with Gasteiger partial charge in [0.1, 0.15) is 54.1 Å². The molecule has 0 aliphatic carbocycles. The number of carbonyl (C=O) groups excluding carboxylic acids is 8. The molecule has 18 N–H and O–H groups in total. The number of aliphatic hydroxyl groups is 1. The zero-order valence-electron chi connectivity index (χ0n) is 45.2. The predicted molar refractivity (Wildman–Crippen MR) is 292 cm³/mol. The van der Waals surface area contributed by atoms with Crippen LogP contribution in [0, 0.1) is 5.92 Å². The topological polar surface area (TPSA) is 467 Å². The Morgan fingerprint density at radius 1 is 0.573 bits per heavy atom. The molecule has 1 aliphatic heterocycles. The Labute approximate surface area is 471 Å². The van der Waals surface area contributed by atoms with Crippen LogP contribution in [-0.2, 0) is 72.0 Å². The van der Waals surface area contributed by atoms with E-state index in [-0.39, 0.29) is 75.7 Å². The van der Waals surface area contributed by atoms with Crippen LogP contribution >= 0.6 is 0 Å². The number of aliphatic carboxylic acids is 3. The zero-order chi connectivity index (χ0) is 60.6. The lowest BCUT2D eigenvalue weighted by atomic mass is 10.0. The van der Waals surface area contributed by atoms with E-state index in [9.17, 15) is 78.3 Å². The number of amides is 8. The van der Waals surface area contributed by atoms with Gasteiger partial charge in [-0.3, -0.25) is 52.9 Å². The maximum Gasteiger partial charge on any atom is 0.326 e. The van der Waals surface area contributed by atoms with Gasteiger partial charge in [0.25, 0.3) is 0 Å². The highest BCUT2D eigenvalue weighted by Gasteiger charge is 2.41. The number of aliphatic imine (C=N–C) groups is 1. The number of rotatable bonds is 32. The van der Waals surface area contributed by atoms with Crippen molar-refractivity contribution in [3.05, 3.63) is 102 Å². The highest BCUT2D eigenvalue weighted by atomic mass is 16.4. The normalized spacial score (nSPS) is 15.8. The van der Waals surface area contributed by atoms with Crippen LogP contribution in [0.2, 0.25) is 0 Å². The fraction of sp³-hybridized carbons (Fsp3) is 0.444. The molecule has 0 unspecified atom stereocenters. The standard InChI is InChI=1S/C54H72N12O16/c1-29(2)44(55)51(79)59-34(15-9-21-58-54(56)57)45(73)61-38(27-43(71)72)49(77)65-40(28-67)52(80)66-22-10-16-41(66)50(78)63-36(24-31-13-7-4-8-14-31)47(75)60-35(23-30-11-5-3-6-12-30)46(74)62-37(26-42(69)70)48(76)64-39(53(81)82)25-32-17-19-33(68)20-18-32/h3-8,11-14,17-20,29,34-41,44,67-68H,9-10,15-16,21-28,55H2,1-2H3,(H,59,79)(H,60,75)(H,61,73)(H,62,74)(H,63,78)(H,64,76)(H,65,77)(H,69,70)(H,71,72)(H,81,82)(H4,56,57,58)/t34-,35-,36-,37-,38-,39-,40-,41-,44-/m0/s1. The lowest BCUT2D eigenvalue weighted by Gasteiger charge is -2.30. The van der Waals surface area contributed by atoms with Crippen LogP contribution in [0.15, 0.2) is 89.9 Å². The number of benzene rings is 3. The second kappa shape index (κ2) is 32.2. The third-order valence-corrected chi connectivity index (χ3v) is 13.1. The van der Waals surface area contributed by atoms with E-state index < -0.39 is 139 Å². The van der Waals surface area contributed by atoms with Gasteiger partial charge in [-0.05, 0) is 60.4 Å². The van der Waals surface area contributed by atoms with Crippen LogP contribution in [0.25, 0.3) is 0 Å². The summed E-state index contributed by atoms with van der Waals surface area (Å²) in [4.78, 5) is 152. The molecule has 1 heterocycles. The molecule has 8 amide bonds. The van der Waals surface area contributed by atoms with E-state index in [1.54, 1.807) is 74.5 Å². The number of guanidine groups is 1. The summed E-state index contributed by atoms with van der Waals surface area (Å²) in [6, 6.07) is 7.98. The number of phenols is 1. The van der Waals surface area contributed by atoms with Crippen molar-refractivity contribution in [3.8, 4) is 5.75 Å². The number of likely N-dealkylation sites (tertiary alicyclic amines) is 1. The first kappa shape index (κ1) is 65.3. The van der Waals surface area contributed by atoms with E-state index in [1.165, 1.54) is 24.3 Å². The molecule has 0 spiro atoms. The molecule has 444 valence electrons. The molecule has 28 heteroatoms. The molecule has 3 aromatic carbocycles. The number of nitrogens with one attached hydrogen (secondary N) is 7. The summed E-state index contributed by atoms with van der Waals surface area (Å²) < 4.78 is 0. The number of phenolic OH excluding ortho intramolecular Hbond substituents is 1. The minimum absolute atomic E-state index is 0.0154. The molecule has 4 rings (SSSR count). The monoisotopic (exact) mass is 1140 g/mol. The van der Waals surface area contributed by atoms with Crippen molar-refractivity contribution in [2.24, 2.45) is 28.1 Å². The molecular weight excluding hydrogens is 1070 g/mol. The summed E-state index contributed by atoms with van der Waals surface area (Å²) in [6.07, 6.45) is -2.49. The smallest absolute Gasteiger partial charge is 0.326 e. The van der Waals surface area contributed by atoms with Crippen molar-refractivity contribution in [2.45, 2.75) is 126 Å². The van der Waals surface area contributed by atoms with Gasteiger partial charge < -0.3 is 84.9 Å². The summed E-state index contributed by atoms with van der Waals surface area (Å²) in [5.74, 6) is -13.3. The minimum Gasteiger partial charge on any atom is -0.508 e.